The SMILES string of the molecule is CN(Cc1ccsc1)C(=O)CSc1ncc(-c2ccccc2)n1C1CC1. The van der Waals surface area contributed by atoms with Crippen LogP contribution in [-0.2, 0) is 11.3 Å². The van der Waals surface area contributed by atoms with Crippen molar-refractivity contribution in [2.45, 2.75) is 30.6 Å². The second-order valence-corrected chi connectivity index (χ2v) is 8.29. The van der Waals surface area contributed by atoms with Gasteiger partial charge in [0.1, 0.15) is 0 Å². The average molecular weight is 384 g/mol. The lowest BCUT2D eigenvalue weighted by atomic mass is 10.2. The Bertz CT molecular complexity index is 870. The van der Waals surface area contributed by atoms with Gasteiger partial charge in [-0.2, -0.15) is 11.3 Å². The Hall–Kier alpha value is -2.05. The van der Waals surface area contributed by atoms with Crippen LogP contribution in [0.15, 0.2) is 58.5 Å². The summed E-state index contributed by atoms with van der Waals surface area (Å²) in [6.07, 6.45) is 4.32. The third-order valence-corrected chi connectivity index (χ3v) is 6.18. The van der Waals surface area contributed by atoms with Crippen LogP contribution in [0.5, 0.6) is 0 Å². The number of carbonyl (C=O) groups excluding carboxylic acids is 1. The third kappa shape index (κ3) is 3.86. The first-order valence-electron chi connectivity index (χ1n) is 8.73. The van der Waals surface area contributed by atoms with E-state index in [0.717, 1.165) is 10.9 Å². The molecule has 1 aliphatic carbocycles. The van der Waals surface area contributed by atoms with Crippen molar-refractivity contribution in [3.05, 3.63) is 58.9 Å². The van der Waals surface area contributed by atoms with Gasteiger partial charge >= 0.3 is 0 Å². The highest BCUT2D eigenvalue weighted by Gasteiger charge is 2.29. The summed E-state index contributed by atoms with van der Waals surface area (Å²) < 4.78 is 2.31. The maximum atomic E-state index is 12.5. The summed E-state index contributed by atoms with van der Waals surface area (Å²) >= 11 is 3.20. The number of aromatic nitrogens is 2. The largest absolute Gasteiger partial charge is 0.341 e. The minimum Gasteiger partial charge on any atom is -0.341 e. The first kappa shape index (κ1) is 17.4. The van der Waals surface area contributed by atoms with Crippen molar-refractivity contribution in [3.8, 4) is 11.3 Å². The van der Waals surface area contributed by atoms with Crippen LogP contribution >= 0.6 is 23.1 Å². The molecule has 0 unspecified atom stereocenters. The summed E-state index contributed by atoms with van der Waals surface area (Å²) in [4.78, 5) is 18.9. The van der Waals surface area contributed by atoms with Crippen LogP contribution in [0.3, 0.4) is 0 Å². The van der Waals surface area contributed by atoms with E-state index in [9.17, 15) is 4.79 Å². The minimum absolute atomic E-state index is 0.132. The highest BCUT2D eigenvalue weighted by Crippen LogP contribution is 2.41. The number of imidazole rings is 1. The molecule has 1 fully saturated rings. The fraction of sp³-hybridized carbons (Fsp3) is 0.300. The van der Waals surface area contributed by atoms with Gasteiger partial charge in [0.2, 0.25) is 5.91 Å². The van der Waals surface area contributed by atoms with E-state index in [4.69, 9.17) is 0 Å². The number of rotatable bonds is 7. The molecule has 4 rings (SSSR count). The quantitative estimate of drug-likeness (QED) is 0.555. The number of amides is 1. The summed E-state index contributed by atoms with van der Waals surface area (Å²) in [5, 5.41) is 5.08. The molecule has 0 N–H and O–H groups in total. The second-order valence-electron chi connectivity index (χ2n) is 6.56. The summed E-state index contributed by atoms with van der Waals surface area (Å²) in [5.74, 6) is 0.548. The molecule has 1 aliphatic rings. The molecule has 0 saturated heterocycles. The smallest absolute Gasteiger partial charge is 0.233 e. The van der Waals surface area contributed by atoms with Gasteiger partial charge in [0.15, 0.2) is 5.16 Å². The fourth-order valence-electron chi connectivity index (χ4n) is 2.94. The molecule has 0 aliphatic heterocycles. The van der Waals surface area contributed by atoms with E-state index in [1.807, 2.05) is 24.7 Å². The lowest BCUT2D eigenvalue weighted by molar-refractivity contribution is -0.127. The Balaban J connectivity index is 1.45. The number of thioether (sulfide) groups is 1. The number of thiophene rings is 1. The predicted octanol–water partition coefficient (Wildman–Crippen LogP) is 4.70. The van der Waals surface area contributed by atoms with E-state index in [1.54, 1.807) is 28.0 Å². The van der Waals surface area contributed by atoms with Crippen LogP contribution in [0.25, 0.3) is 11.3 Å². The fourth-order valence-corrected chi connectivity index (χ4v) is 4.59. The number of benzene rings is 1. The van der Waals surface area contributed by atoms with Crippen LogP contribution in [0.2, 0.25) is 0 Å². The molecule has 0 atom stereocenters. The van der Waals surface area contributed by atoms with Crippen molar-refractivity contribution in [1.82, 2.24) is 14.5 Å². The molecule has 3 aromatic rings. The van der Waals surface area contributed by atoms with Gasteiger partial charge in [-0.05, 0) is 40.8 Å². The lowest BCUT2D eigenvalue weighted by Crippen LogP contribution is -2.27. The summed E-state index contributed by atoms with van der Waals surface area (Å²) in [5.41, 5.74) is 3.51. The zero-order chi connectivity index (χ0) is 17.9. The number of hydrogen-bond acceptors (Lipinski definition) is 4. The second kappa shape index (κ2) is 7.68. The van der Waals surface area contributed by atoms with Crippen LogP contribution in [0.1, 0.15) is 24.4 Å². The van der Waals surface area contributed by atoms with Gasteiger partial charge in [-0.25, -0.2) is 4.98 Å². The Kier molecular flexibility index (Phi) is 5.13. The minimum atomic E-state index is 0.132. The monoisotopic (exact) mass is 383 g/mol. The van der Waals surface area contributed by atoms with Crippen LogP contribution in [0, 0.1) is 0 Å². The highest BCUT2D eigenvalue weighted by atomic mass is 32.2. The van der Waals surface area contributed by atoms with Crippen LogP contribution in [0.4, 0.5) is 0 Å². The van der Waals surface area contributed by atoms with Gasteiger partial charge in [0, 0.05) is 19.6 Å². The molecule has 0 bridgehead atoms. The average Bonchev–Trinajstić information content (AvgIpc) is 3.20. The van der Waals surface area contributed by atoms with E-state index in [1.165, 1.54) is 24.0 Å². The molecule has 6 heteroatoms. The summed E-state index contributed by atoms with van der Waals surface area (Å²) in [7, 11) is 1.86. The first-order valence-corrected chi connectivity index (χ1v) is 10.7. The van der Waals surface area contributed by atoms with Crippen molar-refractivity contribution in [2.75, 3.05) is 12.8 Å². The summed E-state index contributed by atoms with van der Waals surface area (Å²) in [6.45, 7) is 0.662. The van der Waals surface area contributed by atoms with Crippen molar-refractivity contribution in [1.29, 1.82) is 0 Å². The normalized spacial score (nSPS) is 13.7. The topological polar surface area (TPSA) is 38.1 Å². The highest BCUT2D eigenvalue weighted by molar-refractivity contribution is 7.99. The van der Waals surface area contributed by atoms with Crippen LogP contribution < -0.4 is 0 Å². The molecular formula is C20H21N3OS2. The first-order chi connectivity index (χ1) is 12.7. The molecule has 1 aromatic carbocycles. The van der Waals surface area contributed by atoms with Gasteiger partial charge in [-0.1, -0.05) is 42.1 Å². The van der Waals surface area contributed by atoms with Crippen molar-refractivity contribution >= 4 is 29.0 Å². The standard InChI is InChI=1S/C20H21N3OS2/c1-22(12-15-9-10-25-13-15)19(24)14-26-20-21-11-18(23(20)17-7-8-17)16-5-3-2-4-6-16/h2-6,9-11,13,17H,7-8,12,14H2,1H3. The molecule has 2 heterocycles. The number of carbonyl (C=O) groups is 1. The molecule has 2 aromatic heterocycles. The van der Waals surface area contributed by atoms with Crippen LogP contribution in [-0.4, -0.2) is 33.2 Å². The van der Waals surface area contributed by atoms with Gasteiger partial charge in [-0.15, -0.1) is 0 Å². The van der Waals surface area contributed by atoms with Gasteiger partial charge in [0.25, 0.3) is 0 Å². The zero-order valence-corrected chi connectivity index (χ0v) is 16.3. The lowest BCUT2D eigenvalue weighted by Gasteiger charge is -2.16. The number of hydrogen-bond donors (Lipinski definition) is 0. The molecule has 1 saturated carbocycles. The molecule has 0 radical (unpaired) electrons. The van der Waals surface area contributed by atoms with Crippen molar-refractivity contribution in [2.24, 2.45) is 0 Å². The molecule has 1 amide bonds. The number of nitrogens with zero attached hydrogens (tertiary/aromatic N) is 3. The van der Waals surface area contributed by atoms with Gasteiger partial charge in [-0.3, -0.25) is 4.79 Å². The molecule has 26 heavy (non-hydrogen) atoms. The van der Waals surface area contributed by atoms with E-state index < -0.39 is 0 Å². The van der Waals surface area contributed by atoms with Gasteiger partial charge < -0.3 is 9.47 Å². The van der Waals surface area contributed by atoms with E-state index in [0.29, 0.717) is 18.3 Å². The Morgan fingerprint density at radius 3 is 2.81 bits per heavy atom. The predicted molar refractivity (Wildman–Crippen MR) is 107 cm³/mol. The molecular weight excluding hydrogens is 362 g/mol. The Labute approximate surface area is 161 Å². The zero-order valence-electron chi connectivity index (χ0n) is 14.7. The molecule has 134 valence electrons. The molecule has 0 spiro atoms. The van der Waals surface area contributed by atoms with Gasteiger partial charge in [0.05, 0.1) is 17.6 Å². The Morgan fingerprint density at radius 2 is 2.12 bits per heavy atom. The van der Waals surface area contributed by atoms with Crippen molar-refractivity contribution < 1.29 is 4.79 Å². The Morgan fingerprint density at radius 1 is 1.31 bits per heavy atom. The van der Waals surface area contributed by atoms with E-state index >= 15 is 0 Å². The maximum absolute atomic E-state index is 12.5. The maximum Gasteiger partial charge on any atom is 0.233 e. The summed E-state index contributed by atoms with van der Waals surface area (Å²) in [6, 6.07) is 12.9. The van der Waals surface area contributed by atoms with Crippen molar-refractivity contribution in [3.63, 3.8) is 0 Å². The van der Waals surface area contributed by atoms with E-state index in [-0.39, 0.29) is 5.91 Å². The third-order valence-electron chi connectivity index (χ3n) is 4.49. The molecule has 4 nitrogen and oxygen atoms in total. The van der Waals surface area contributed by atoms with E-state index in [2.05, 4.69) is 45.3 Å².